The third kappa shape index (κ3) is 3.47. The maximum atomic E-state index is 9.07. The predicted molar refractivity (Wildman–Crippen MR) is 73.4 cm³/mol. The largest absolute Gasteiger partial charge is 0.192 e. The van der Waals surface area contributed by atoms with Crippen LogP contribution in [0.25, 0.3) is 0 Å². The van der Waals surface area contributed by atoms with Gasteiger partial charge < -0.3 is 0 Å². The Morgan fingerprint density at radius 1 is 1.22 bits per heavy atom. The van der Waals surface area contributed by atoms with Gasteiger partial charge in [-0.3, -0.25) is 0 Å². The Bertz CT molecular complexity index is 455. The monoisotopic (exact) mass is 242 g/mol. The standard InChI is InChI=1S/C16H22N2/c1-15(2,3)14-6-7-16(4,5)9-12(8-14)13(10-17)11-18/h8H,6-7,9H2,1-5H3. The molecule has 96 valence electrons. The van der Waals surface area contributed by atoms with E-state index in [9.17, 15) is 0 Å². The molecule has 18 heavy (non-hydrogen) atoms. The summed E-state index contributed by atoms with van der Waals surface area (Å²) >= 11 is 0. The number of allylic oxidation sites excluding steroid dienone is 4. The van der Waals surface area contributed by atoms with Gasteiger partial charge in [-0.05, 0) is 35.7 Å². The van der Waals surface area contributed by atoms with Crippen molar-refractivity contribution in [3.8, 4) is 12.1 Å². The van der Waals surface area contributed by atoms with E-state index in [2.05, 4.69) is 40.7 Å². The first-order valence-electron chi connectivity index (χ1n) is 6.44. The highest BCUT2D eigenvalue weighted by molar-refractivity contribution is 5.47. The summed E-state index contributed by atoms with van der Waals surface area (Å²) in [5, 5.41) is 18.1. The maximum absolute atomic E-state index is 9.07. The molecule has 0 amide bonds. The lowest BCUT2D eigenvalue weighted by molar-refractivity contribution is 0.330. The Balaban J connectivity index is 3.33. The van der Waals surface area contributed by atoms with E-state index >= 15 is 0 Å². The van der Waals surface area contributed by atoms with E-state index in [1.807, 2.05) is 12.1 Å². The number of nitrogens with zero attached hydrogens (tertiary/aromatic N) is 2. The first-order chi connectivity index (χ1) is 8.19. The Labute approximate surface area is 111 Å². The molecule has 0 aliphatic heterocycles. The van der Waals surface area contributed by atoms with Crippen LogP contribution in [-0.4, -0.2) is 0 Å². The summed E-state index contributed by atoms with van der Waals surface area (Å²) in [6, 6.07) is 4.07. The zero-order chi connectivity index (χ0) is 14.0. The van der Waals surface area contributed by atoms with Crippen molar-refractivity contribution in [2.24, 2.45) is 10.8 Å². The normalized spacial score (nSPS) is 19.3. The van der Waals surface area contributed by atoms with Crippen molar-refractivity contribution in [2.75, 3.05) is 0 Å². The second kappa shape index (κ2) is 4.99. The van der Waals surface area contributed by atoms with E-state index in [4.69, 9.17) is 10.5 Å². The lowest BCUT2D eigenvalue weighted by atomic mass is 9.80. The fourth-order valence-corrected chi connectivity index (χ4v) is 2.33. The third-order valence-corrected chi connectivity index (χ3v) is 3.60. The van der Waals surface area contributed by atoms with Gasteiger partial charge in [0.15, 0.2) is 0 Å². The van der Waals surface area contributed by atoms with Crippen molar-refractivity contribution >= 4 is 0 Å². The lowest BCUT2D eigenvalue weighted by Crippen LogP contribution is -2.12. The molecule has 0 N–H and O–H groups in total. The number of nitriles is 2. The molecule has 0 aromatic rings. The van der Waals surface area contributed by atoms with Crippen LogP contribution >= 0.6 is 0 Å². The molecule has 0 aromatic heterocycles. The highest BCUT2D eigenvalue weighted by Crippen LogP contribution is 2.41. The molecular weight excluding hydrogens is 220 g/mol. The Morgan fingerprint density at radius 2 is 1.78 bits per heavy atom. The zero-order valence-corrected chi connectivity index (χ0v) is 12.1. The molecule has 0 spiro atoms. The molecule has 0 saturated heterocycles. The first-order valence-corrected chi connectivity index (χ1v) is 6.44. The Hall–Kier alpha value is -1.54. The maximum Gasteiger partial charge on any atom is 0.132 e. The van der Waals surface area contributed by atoms with Crippen molar-refractivity contribution in [3.05, 3.63) is 22.8 Å². The molecule has 0 bridgehead atoms. The second-order valence-electron chi connectivity index (χ2n) is 6.88. The molecule has 1 aliphatic carbocycles. The third-order valence-electron chi connectivity index (χ3n) is 3.60. The summed E-state index contributed by atoms with van der Waals surface area (Å²) in [7, 11) is 0. The van der Waals surface area contributed by atoms with Gasteiger partial charge in [0, 0.05) is 0 Å². The van der Waals surface area contributed by atoms with Crippen LogP contribution in [0.5, 0.6) is 0 Å². The molecule has 0 fully saturated rings. The molecule has 0 radical (unpaired) electrons. The molecular formula is C16H22N2. The van der Waals surface area contributed by atoms with Gasteiger partial charge >= 0.3 is 0 Å². The molecule has 1 rings (SSSR count). The van der Waals surface area contributed by atoms with Crippen LogP contribution < -0.4 is 0 Å². The highest BCUT2D eigenvalue weighted by atomic mass is 14.3. The van der Waals surface area contributed by atoms with E-state index in [1.165, 1.54) is 5.57 Å². The molecule has 0 heterocycles. The van der Waals surface area contributed by atoms with E-state index in [0.29, 0.717) is 0 Å². The van der Waals surface area contributed by atoms with Gasteiger partial charge in [0.05, 0.1) is 0 Å². The van der Waals surface area contributed by atoms with Crippen molar-refractivity contribution in [1.29, 1.82) is 10.5 Å². The fourth-order valence-electron chi connectivity index (χ4n) is 2.33. The minimum Gasteiger partial charge on any atom is -0.192 e. The van der Waals surface area contributed by atoms with Crippen LogP contribution in [0, 0.1) is 33.5 Å². The van der Waals surface area contributed by atoms with E-state index < -0.39 is 0 Å². The van der Waals surface area contributed by atoms with Crippen LogP contribution in [0.1, 0.15) is 53.9 Å². The summed E-state index contributed by atoms with van der Waals surface area (Å²) in [4.78, 5) is 0. The second-order valence-corrected chi connectivity index (χ2v) is 6.88. The molecule has 0 aromatic carbocycles. The topological polar surface area (TPSA) is 47.6 Å². The average molecular weight is 242 g/mol. The Kier molecular flexibility index (Phi) is 4.02. The summed E-state index contributed by atoms with van der Waals surface area (Å²) in [5.74, 6) is 0. The van der Waals surface area contributed by atoms with Crippen molar-refractivity contribution in [2.45, 2.75) is 53.9 Å². The molecule has 0 unspecified atom stereocenters. The highest BCUT2D eigenvalue weighted by Gasteiger charge is 2.28. The van der Waals surface area contributed by atoms with Gasteiger partial charge in [0.1, 0.15) is 17.7 Å². The zero-order valence-electron chi connectivity index (χ0n) is 12.1. The van der Waals surface area contributed by atoms with E-state index in [0.717, 1.165) is 24.8 Å². The van der Waals surface area contributed by atoms with Crippen LogP contribution in [0.3, 0.4) is 0 Å². The number of hydrogen-bond acceptors (Lipinski definition) is 2. The SMILES string of the molecule is CC1(C)CCC(C(C)(C)C)=CC(=C(C#N)C#N)C1. The van der Waals surface area contributed by atoms with Crippen LogP contribution in [0.4, 0.5) is 0 Å². The van der Waals surface area contributed by atoms with E-state index in [1.54, 1.807) is 0 Å². The van der Waals surface area contributed by atoms with Gasteiger partial charge in [0.25, 0.3) is 0 Å². The molecule has 2 nitrogen and oxygen atoms in total. The summed E-state index contributed by atoms with van der Waals surface area (Å²) in [6.07, 6.45) is 5.05. The van der Waals surface area contributed by atoms with E-state index in [-0.39, 0.29) is 16.4 Å². The first kappa shape index (κ1) is 14.5. The smallest absolute Gasteiger partial charge is 0.132 e. The van der Waals surface area contributed by atoms with Gasteiger partial charge in [-0.2, -0.15) is 10.5 Å². The van der Waals surface area contributed by atoms with Crippen molar-refractivity contribution in [3.63, 3.8) is 0 Å². The quantitative estimate of drug-likeness (QED) is 0.587. The summed E-state index contributed by atoms with van der Waals surface area (Å²) in [5.41, 5.74) is 2.77. The van der Waals surface area contributed by atoms with Gasteiger partial charge in [0.2, 0.25) is 0 Å². The Morgan fingerprint density at radius 3 is 2.22 bits per heavy atom. The predicted octanol–water partition coefficient (Wildman–Crippen LogP) is 4.51. The molecule has 0 saturated carbocycles. The van der Waals surface area contributed by atoms with Crippen LogP contribution in [-0.2, 0) is 0 Å². The summed E-state index contributed by atoms with van der Waals surface area (Å²) < 4.78 is 0. The number of hydrogen-bond donors (Lipinski definition) is 0. The molecule has 0 atom stereocenters. The van der Waals surface area contributed by atoms with Gasteiger partial charge in [-0.15, -0.1) is 0 Å². The lowest BCUT2D eigenvalue weighted by Gasteiger charge is -2.25. The van der Waals surface area contributed by atoms with Crippen molar-refractivity contribution < 1.29 is 0 Å². The van der Waals surface area contributed by atoms with Gasteiger partial charge in [-0.1, -0.05) is 46.3 Å². The minimum absolute atomic E-state index is 0.0989. The summed E-state index contributed by atoms with van der Waals surface area (Å²) in [6.45, 7) is 11.0. The van der Waals surface area contributed by atoms with Crippen molar-refractivity contribution in [1.82, 2.24) is 0 Å². The number of rotatable bonds is 0. The molecule has 2 heteroatoms. The fraction of sp³-hybridized carbons (Fsp3) is 0.625. The van der Waals surface area contributed by atoms with Crippen LogP contribution in [0.15, 0.2) is 22.8 Å². The minimum atomic E-state index is 0.0989. The average Bonchev–Trinajstić information content (AvgIpc) is 2.38. The van der Waals surface area contributed by atoms with Crippen LogP contribution in [0.2, 0.25) is 0 Å². The van der Waals surface area contributed by atoms with Gasteiger partial charge in [-0.25, -0.2) is 0 Å². The molecule has 1 aliphatic rings.